The summed E-state index contributed by atoms with van der Waals surface area (Å²) in [5, 5.41) is 17.5. The number of halogens is 1. The van der Waals surface area contributed by atoms with E-state index >= 15 is 0 Å². The summed E-state index contributed by atoms with van der Waals surface area (Å²) in [6.07, 6.45) is 2.87. The molecule has 3 aliphatic rings. The van der Waals surface area contributed by atoms with Crippen LogP contribution in [0.25, 0.3) is 0 Å². The number of benzene rings is 1. The van der Waals surface area contributed by atoms with E-state index in [0.717, 1.165) is 11.1 Å². The Kier molecular flexibility index (Phi) is 9.64. The molecule has 5 heterocycles. The van der Waals surface area contributed by atoms with Crippen LogP contribution in [-0.4, -0.2) is 113 Å². The summed E-state index contributed by atoms with van der Waals surface area (Å²) in [5.74, 6) is 1.79. The highest BCUT2D eigenvalue weighted by Crippen LogP contribution is 2.34. The lowest BCUT2D eigenvalue weighted by atomic mass is 9.99. The molecule has 1 atom stereocenters. The van der Waals surface area contributed by atoms with Gasteiger partial charge in [-0.05, 0) is 23.6 Å². The van der Waals surface area contributed by atoms with Gasteiger partial charge in [-0.1, -0.05) is 17.7 Å². The lowest BCUT2D eigenvalue weighted by Crippen LogP contribution is -2.49. The molecule has 0 saturated carbocycles. The number of piperazine rings is 1. The molecule has 3 aromatic rings. The van der Waals surface area contributed by atoms with Gasteiger partial charge in [0.2, 0.25) is 11.9 Å². The molecule has 2 amide bonds. The molecule has 2 saturated heterocycles. The monoisotopic (exact) mass is 640 g/mol. The van der Waals surface area contributed by atoms with Gasteiger partial charge in [0.25, 0.3) is 5.91 Å². The van der Waals surface area contributed by atoms with Crippen LogP contribution in [0.4, 0.5) is 11.8 Å². The molecule has 1 aromatic carbocycles. The van der Waals surface area contributed by atoms with Crippen molar-refractivity contribution >= 4 is 35.2 Å². The summed E-state index contributed by atoms with van der Waals surface area (Å²) in [6.45, 7) is 6.95. The second-order valence-electron chi connectivity index (χ2n) is 11.4. The molecule has 0 radical (unpaired) electrons. The van der Waals surface area contributed by atoms with Crippen LogP contribution in [0.2, 0.25) is 5.02 Å². The van der Waals surface area contributed by atoms with Crippen LogP contribution in [0.1, 0.15) is 34.3 Å². The van der Waals surface area contributed by atoms with Crippen molar-refractivity contribution in [3.05, 3.63) is 58.4 Å². The van der Waals surface area contributed by atoms with Gasteiger partial charge in [0.15, 0.2) is 12.2 Å². The molecule has 0 bridgehead atoms. The van der Waals surface area contributed by atoms with E-state index < -0.39 is 12.0 Å². The number of nitrogens with zero attached hydrogens (tertiary/aromatic N) is 6. The SMILES string of the molecule is CC(=O)N1CCN(c2nc(NC3COC3)cc(C(=O)NCC(O)CN3CCc4c(ccc(OCc5cnco5)c4Cl)C3)n2)CC1. The number of amides is 2. The minimum absolute atomic E-state index is 0.0334. The summed E-state index contributed by atoms with van der Waals surface area (Å²) in [4.78, 5) is 43.9. The van der Waals surface area contributed by atoms with Crippen molar-refractivity contribution in [2.24, 2.45) is 0 Å². The predicted octanol–water partition coefficient (Wildman–Crippen LogP) is 1.33. The minimum Gasteiger partial charge on any atom is -0.484 e. The first-order valence-electron chi connectivity index (χ1n) is 15.0. The van der Waals surface area contributed by atoms with E-state index in [-0.39, 0.29) is 30.8 Å². The number of β-amino-alcohol motifs (C(OH)–C–C–N with tert-alkyl or cyclic N) is 1. The number of aliphatic hydroxyl groups is 1. The van der Waals surface area contributed by atoms with E-state index in [1.54, 1.807) is 24.1 Å². The Morgan fingerprint density at radius 1 is 1.18 bits per heavy atom. The highest BCUT2D eigenvalue weighted by atomic mass is 35.5. The van der Waals surface area contributed by atoms with Crippen molar-refractivity contribution in [3.63, 3.8) is 0 Å². The molecule has 2 fully saturated rings. The number of rotatable bonds is 11. The fraction of sp³-hybridized carbons (Fsp3) is 0.500. The smallest absolute Gasteiger partial charge is 0.270 e. The number of aromatic nitrogens is 3. The van der Waals surface area contributed by atoms with Crippen LogP contribution in [0.15, 0.2) is 35.2 Å². The Labute approximate surface area is 265 Å². The summed E-state index contributed by atoms with van der Waals surface area (Å²) in [7, 11) is 0. The second kappa shape index (κ2) is 14.0. The Bertz CT molecular complexity index is 1500. The van der Waals surface area contributed by atoms with Crippen molar-refractivity contribution in [2.45, 2.75) is 38.6 Å². The zero-order valence-corrected chi connectivity index (χ0v) is 25.8. The molecule has 240 valence electrons. The number of ether oxygens (including phenoxy) is 2. The van der Waals surface area contributed by atoms with Gasteiger partial charge in [0, 0.05) is 65.3 Å². The molecular weight excluding hydrogens is 604 g/mol. The Hall–Kier alpha value is -3.98. The molecular formula is C30H37ClN8O6. The Balaban J connectivity index is 1.03. The Morgan fingerprint density at radius 2 is 2.00 bits per heavy atom. The van der Waals surface area contributed by atoms with E-state index in [4.69, 9.17) is 25.5 Å². The van der Waals surface area contributed by atoms with Gasteiger partial charge in [-0.15, -0.1) is 0 Å². The molecule has 0 spiro atoms. The van der Waals surface area contributed by atoms with Crippen LogP contribution in [0.3, 0.4) is 0 Å². The summed E-state index contributed by atoms with van der Waals surface area (Å²) < 4.78 is 16.3. The fourth-order valence-corrected chi connectivity index (χ4v) is 5.89. The first kappa shape index (κ1) is 31.0. The fourth-order valence-electron chi connectivity index (χ4n) is 5.56. The summed E-state index contributed by atoms with van der Waals surface area (Å²) in [6, 6.07) is 5.57. The molecule has 2 aromatic heterocycles. The topological polar surface area (TPSA) is 158 Å². The van der Waals surface area contributed by atoms with Crippen LogP contribution in [-0.2, 0) is 29.1 Å². The normalized spacial score (nSPS) is 17.8. The highest BCUT2D eigenvalue weighted by Gasteiger charge is 2.26. The number of hydrogen-bond donors (Lipinski definition) is 3. The zero-order valence-electron chi connectivity index (χ0n) is 25.1. The number of carbonyl (C=O) groups excluding carboxylic acids is 2. The highest BCUT2D eigenvalue weighted by molar-refractivity contribution is 6.33. The van der Waals surface area contributed by atoms with E-state index in [2.05, 4.69) is 30.5 Å². The third-order valence-corrected chi connectivity index (χ3v) is 8.56. The van der Waals surface area contributed by atoms with Crippen molar-refractivity contribution in [2.75, 3.05) is 69.2 Å². The van der Waals surface area contributed by atoms with Crippen molar-refractivity contribution in [1.82, 2.24) is 30.1 Å². The van der Waals surface area contributed by atoms with Gasteiger partial charge in [-0.3, -0.25) is 14.5 Å². The first-order chi connectivity index (χ1) is 21.8. The van der Waals surface area contributed by atoms with Crippen LogP contribution >= 0.6 is 11.6 Å². The Morgan fingerprint density at radius 3 is 2.71 bits per heavy atom. The second-order valence-corrected chi connectivity index (χ2v) is 11.8. The molecule has 3 aliphatic heterocycles. The molecule has 45 heavy (non-hydrogen) atoms. The van der Waals surface area contributed by atoms with Gasteiger partial charge in [-0.2, -0.15) is 4.98 Å². The molecule has 1 unspecified atom stereocenters. The van der Waals surface area contributed by atoms with E-state index in [1.807, 2.05) is 17.0 Å². The molecule has 0 aliphatic carbocycles. The third-order valence-electron chi connectivity index (χ3n) is 8.14. The van der Waals surface area contributed by atoms with Crippen LogP contribution < -0.4 is 20.3 Å². The number of nitrogens with one attached hydrogen (secondary N) is 2. The van der Waals surface area contributed by atoms with Crippen LogP contribution in [0.5, 0.6) is 5.75 Å². The predicted molar refractivity (Wildman–Crippen MR) is 164 cm³/mol. The molecule has 14 nitrogen and oxygen atoms in total. The van der Waals surface area contributed by atoms with Gasteiger partial charge in [-0.25, -0.2) is 9.97 Å². The number of oxazole rings is 1. The number of fused-ring (bicyclic) bond motifs is 1. The van der Waals surface area contributed by atoms with Crippen molar-refractivity contribution in [1.29, 1.82) is 0 Å². The lowest BCUT2D eigenvalue weighted by molar-refractivity contribution is -0.129. The number of aliphatic hydroxyl groups excluding tert-OH is 1. The quantitative estimate of drug-likeness (QED) is 0.276. The maximum absolute atomic E-state index is 13.2. The molecule has 3 N–H and O–H groups in total. The summed E-state index contributed by atoms with van der Waals surface area (Å²) >= 11 is 6.67. The van der Waals surface area contributed by atoms with Crippen LogP contribution in [0, 0.1) is 0 Å². The van der Waals surface area contributed by atoms with E-state index in [1.165, 1.54) is 6.39 Å². The zero-order chi connectivity index (χ0) is 31.3. The maximum atomic E-state index is 13.2. The number of carbonyl (C=O) groups is 2. The number of hydrogen-bond acceptors (Lipinski definition) is 12. The average molecular weight is 641 g/mol. The van der Waals surface area contributed by atoms with E-state index in [0.29, 0.717) is 93.7 Å². The van der Waals surface area contributed by atoms with Gasteiger partial charge >= 0.3 is 0 Å². The van der Waals surface area contributed by atoms with Crippen molar-refractivity contribution < 1.29 is 28.6 Å². The summed E-state index contributed by atoms with van der Waals surface area (Å²) in [5.41, 5.74) is 2.31. The minimum atomic E-state index is -0.791. The van der Waals surface area contributed by atoms with Gasteiger partial charge in [0.1, 0.15) is 23.9 Å². The van der Waals surface area contributed by atoms with E-state index in [9.17, 15) is 14.7 Å². The number of anilines is 2. The largest absolute Gasteiger partial charge is 0.484 e. The maximum Gasteiger partial charge on any atom is 0.270 e. The van der Waals surface area contributed by atoms with Gasteiger partial charge < -0.3 is 39.4 Å². The molecule has 6 rings (SSSR count). The van der Waals surface area contributed by atoms with Gasteiger partial charge in [0.05, 0.1) is 36.6 Å². The third kappa shape index (κ3) is 7.64. The first-order valence-corrected chi connectivity index (χ1v) is 15.4. The lowest BCUT2D eigenvalue weighted by Gasteiger charge is -2.34. The standard InChI is InChI=1S/C30H37ClN8O6/c1-19(40)38-6-8-39(9-7-38)30-35-25(10-27(36-30)34-21-15-43-16-21)29(42)33-11-22(41)14-37-5-4-24-20(13-37)2-3-26(28(24)31)44-17-23-12-32-18-45-23/h2-3,10,12,18,21-22,41H,4-9,11,13-17H2,1H3,(H,33,42)(H,34,35,36). The average Bonchev–Trinajstić information content (AvgIpc) is 3.55. The van der Waals surface area contributed by atoms with Crippen molar-refractivity contribution in [3.8, 4) is 5.75 Å². The molecule has 15 heteroatoms.